The molecule has 1 aromatic carbocycles. The van der Waals surface area contributed by atoms with Crippen molar-refractivity contribution in [1.29, 1.82) is 0 Å². The minimum absolute atomic E-state index is 0.545. The molecule has 1 N–H and O–H groups in total. The van der Waals surface area contributed by atoms with Crippen molar-refractivity contribution in [2.24, 2.45) is 0 Å². The van der Waals surface area contributed by atoms with Crippen molar-refractivity contribution in [2.75, 3.05) is 0 Å². The van der Waals surface area contributed by atoms with Crippen LogP contribution in [0.2, 0.25) is 5.02 Å². The highest BCUT2D eigenvalue weighted by molar-refractivity contribution is 6.48. The van der Waals surface area contributed by atoms with Gasteiger partial charge in [0.15, 0.2) is 4.33 Å². The molecule has 0 fully saturated rings. The van der Waals surface area contributed by atoms with Crippen LogP contribution in [0.3, 0.4) is 0 Å². The first-order valence-electron chi connectivity index (χ1n) is 3.76. The summed E-state index contributed by atoms with van der Waals surface area (Å²) in [6.07, 6.45) is -0.853. The minimum Gasteiger partial charge on any atom is -0.390 e. The number of benzene rings is 1. The van der Waals surface area contributed by atoms with Crippen LogP contribution in [0.1, 0.15) is 12.5 Å². The van der Waals surface area contributed by atoms with Gasteiger partial charge in [0.2, 0.25) is 0 Å². The molecule has 1 nitrogen and oxygen atoms in total. The summed E-state index contributed by atoms with van der Waals surface area (Å²) < 4.78 is -1.30. The lowest BCUT2D eigenvalue weighted by atomic mass is 10.1. The molecule has 72 valence electrons. The quantitative estimate of drug-likeness (QED) is 0.785. The summed E-state index contributed by atoms with van der Waals surface area (Å²) in [5, 5.41) is 9.86. The lowest BCUT2D eigenvalue weighted by Gasteiger charge is -2.23. The van der Waals surface area contributed by atoms with Gasteiger partial charge < -0.3 is 5.11 Å². The van der Waals surface area contributed by atoms with Gasteiger partial charge in [-0.15, -0.1) is 0 Å². The van der Waals surface area contributed by atoms with E-state index >= 15 is 0 Å². The van der Waals surface area contributed by atoms with E-state index in [1.165, 1.54) is 6.92 Å². The zero-order valence-corrected chi connectivity index (χ0v) is 9.24. The van der Waals surface area contributed by atoms with Gasteiger partial charge in [-0.05, 0) is 24.6 Å². The van der Waals surface area contributed by atoms with E-state index in [0.717, 1.165) is 0 Å². The lowest BCUT2D eigenvalue weighted by Crippen LogP contribution is -2.25. The van der Waals surface area contributed by atoms with E-state index < -0.39 is 10.4 Å². The Hall–Kier alpha value is 0.0500. The molecule has 0 saturated carbocycles. The van der Waals surface area contributed by atoms with Gasteiger partial charge in [-0.1, -0.05) is 46.9 Å². The topological polar surface area (TPSA) is 20.2 Å². The highest BCUT2D eigenvalue weighted by Gasteiger charge is 2.32. The number of halogens is 3. The second kappa shape index (κ2) is 4.05. The van der Waals surface area contributed by atoms with Gasteiger partial charge in [-0.25, -0.2) is 0 Å². The van der Waals surface area contributed by atoms with Crippen LogP contribution in [0.25, 0.3) is 0 Å². The summed E-state index contributed by atoms with van der Waals surface area (Å²) in [5.74, 6) is 0. The fraction of sp³-hybridized carbons (Fsp3) is 0.333. The molecule has 1 atom stereocenters. The molecule has 0 radical (unpaired) electrons. The smallest absolute Gasteiger partial charge is 0.168 e. The maximum atomic E-state index is 9.32. The Labute approximate surface area is 92.2 Å². The molecule has 0 aliphatic rings. The minimum atomic E-state index is -1.30. The predicted molar refractivity (Wildman–Crippen MR) is 56.5 cm³/mol. The molecule has 0 aromatic heterocycles. The van der Waals surface area contributed by atoms with Crippen LogP contribution in [-0.4, -0.2) is 11.2 Å². The van der Waals surface area contributed by atoms with Crippen molar-refractivity contribution in [3.05, 3.63) is 34.9 Å². The van der Waals surface area contributed by atoms with Crippen LogP contribution in [0.5, 0.6) is 0 Å². The van der Waals surface area contributed by atoms with Crippen molar-refractivity contribution in [2.45, 2.75) is 17.4 Å². The van der Waals surface area contributed by atoms with Gasteiger partial charge in [0.05, 0.1) is 6.10 Å². The van der Waals surface area contributed by atoms with Crippen LogP contribution in [-0.2, 0) is 4.33 Å². The van der Waals surface area contributed by atoms with Crippen LogP contribution in [0.4, 0.5) is 0 Å². The number of aliphatic hydroxyl groups is 1. The number of hydrogen-bond donors (Lipinski definition) is 1. The Morgan fingerprint density at radius 1 is 1.38 bits per heavy atom. The molecular weight excluding hydrogens is 230 g/mol. The van der Waals surface area contributed by atoms with Crippen molar-refractivity contribution in [3.63, 3.8) is 0 Å². The highest BCUT2D eigenvalue weighted by atomic mass is 35.5. The largest absolute Gasteiger partial charge is 0.390 e. The van der Waals surface area contributed by atoms with Crippen LogP contribution < -0.4 is 0 Å². The normalized spacial score (nSPS) is 14.2. The summed E-state index contributed by atoms with van der Waals surface area (Å²) in [4.78, 5) is 0. The zero-order chi connectivity index (χ0) is 10.1. The third kappa shape index (κ3) is 2.50. The van der Waals surface area contributed by atoms with Crippen LogP contribution >= 0.6 is 34.8 Å². The maximum Gasteiger partial charge on any atom is 0.168 e. The summed E-state index contributed by atoms with van der Waals surface area (Å²) in [7, 11) is 0. The number of alkyl halides is 2. The summed E-state index contributed by atoms with van der Waals surface area (Å²) >= 11 is 17.6. The summed E-state index contributed by atoms with van der Waals surface area (Å²) in [6.45, 7) is 1.53. The Morgan fingerprint density at radius 3 is 2.46 bits per heavy atom. The Balaban J connectivity index is 3.07. The molecule has 1 unspecified atom stereocenters. The fourth-order valence-electron chi connectivity index (χ4n) is 0.937. The van der Waals surface area contributed by atoms with Crippen molar-refractivity contribution < 1.29 is 5.11 Å². The molecule has 0 heterocycles. The van der Waals surface area contributed by atoms with E-state index in [1.807, 2.05) is 0 Å². The standard InChI is InChI=1S/C9H9Cl3O/c1-6(13)9(11,12)7-3-2-4-8(10)5-7/h2-6,13H,1H3. The molecule has 1 rings (SSSR count). The predicted octanol–water partition coefficient (Wildman–Crippen LogP) is 3.35. The average Bonchev–Trinajstić information content (AvgIpc) is 2.04. The van der Waals surface area contributed by atoms with Crippen LogP contribution in [0.15, 0.2) is 24.3 Å². The Morgan fingerprint density at radius 2 is 2.00 bits per heavy atom. The van der Waals surface area contributed by atoms with Gasteiger partial charge in [0.1, 0.15) is 0 Å². The molecule has 13 heavy (non-hydrogen) atoms. The SMILES string of the molecule is CC(O)C(Cl)(Cl)c1cccc(Cl)c1. The van der Waals surface area contributed by atoms with Gasteiger partial charge in [-0.3, -0.25) is 0 Å². The number of rotatable bonds is 2. The monoisotopic (exact) mass is 238 g/mol. The molecule has 0 saturated heterocycles. The first kappa shape index (κ1) is 11.1. The van der Waals surface area contributed by atoms with E-state index in [4.69, 9.17) is 34.8 Å². The number of aliphatic hydroxyl groups excluding tert-OH is 1. The van der Waals surface area contributed by atoms with E-state index in [9.17, 15) is 5.11 Å². The lowest BCUT2D eigenvalue weighted by molar-refractivity contribution is 0.175. The van der Waals surface area contributed by atoms with Gasteiger partial charge >= 0.3 is 0 Å². The second-order valence-electron chi connectivity index (χ2n) is 2.81. The molecule has 4 heteroatoms. The molecule has 0 aliphatic carbocycles. The first-order chi connectivity index (χ1) is 5.94. The molecule has 0 aliphatic heterocycles. The molecule has 0 amide bonds. The third-order valence-electron chi connectivity index (χ3n) is 1.73. The Bertz CT molecular complexity index is 297. The van der Waals surface area contributed by atoms with Crippen molar-refractivity contribution >= 4 is 34.8 Å². The molecular formula is C9H9Cl3O. The maximum absolute atomic E-state index is 9.32. The van der Waals surface area contributed by atoms with Crippen molar-refractivity contribution in [3.8, 4) is 0 Å². The summed E-state index contributed by atoms with van der Waals surface area (Å²) in [5.41, 5.74) is 0.596. The third-order valence-corrected chi connectivity index (χ3v) is 3.04. The Kier molecular flexibility index (Phi) is 3.47. The van der Waals surface area contributed by atoms with E-state index in [1.54, 1.807) is 24.3 Å². The number of hydrogen-bond acceptors (Lipinski definition) is 1. The van der Waals surface area contributed by atoms with E-state index in [0.29, 0.717) is 10.6 Å². The van der Waals surface area contributed by atoms with Crippen LogP contribution in [0, 0.1) is 0 Å². The summed E-state index contributed by atoms with van der Waals surface area (Å²) in [6, 6.07) is 6.81. The highest BCUT2D eigenvalue weighted by Crippen LogP contribution is 2.37. The molecule has 1 aromatic rings. The van der Waals surface area contributed by atoms with E-state index in [2.05, 4.69) is 0 Å². The molecule has 0 bridgehead atoms. The molecule has 0 spiro atoms. The van der Waals surface area contributed by atoms with E-state index in [-0.39, 0.29) is 0 Å². The average molecular weight is 240 g/mol. The van der Waals surface area contributed by atoms with Gasteiger partial charge in [0.25, 0.3) is 0 Å². The van der Waals surface area contributed by atoms with Crippen molar-refractivity contribution in [1.82, 2.24) is 0 Å². The van der Waals surface area contributed by atoms with Gasteiger partial charge in [0, 0.05) is 5.02 Å². The second-order valence-corrected chi connectivity index (χ2v) is 4.63. The first-order valence-corrected chi connectivity index (χ1v) is 4.90. The zero-order valence-electron chi connectivity index (χ0n) is 6.97. The van der Waals surface area contributed by atoms with Gasteiger partial charge in [-0.2, -0.15) is 0 Å². The fourth-order valence-corrected chi connectivity index (χ4v) is 1.36.